The topological polar surface area (TPSA) is 54.0 Å². The highest BCUT2D eigenvalue weighted by molar-refractivity contribution is 5.92. The van der Waals surface area contributed by atoms with Crippen LogP contribution in [0.5, 0.6) is 0 Å². The van der Waals surface area contributed by atoms with Crippen LogP contribution in [-0.2, 0) is 11.3 Å². The predicted molar refractivity (Wildman–Crippen MR) is 110 cm³/mol. The molecule has 1 aromatic heterocycles. The standard InChI is InChI=1S/C23H21F2N3O/c1-16(28-23(29)10-8-17-7-9-21(24)22(25)12-17)19-5-2-6-20(13-19)27-15-18-4-3-11-26-14-18/h2-14,16,27H,15H2,1H3,(H,28,29). The summed E-state index contributed by atoms with van der Waals surface area (Å²) in [6.45, 7) is 2.53. The van der Waals surface area contributed by atoms with E-state index in [0.717, 1.165) is 28.9 Å². The van der Waals surface area contributed by atoms with Crippen LogP contribution in [0.15, 0.2) is 73.1 Å². The number of pyridine rings is 1. The van der Waals surface area contributed by atoms with E-state index in [9.17, 15) is 13.6 Å². The number of amides is 1. The van der Waals surface area contributed by atoms with Gasteiger partial charge in [-0.05, 0) is 60.0 Å². The number of hydrogen-bond donors (Lipinski definition) is 2. The van der Waals surface area contributed by atoms with Crippen molar-refractivity contribution in [1.82, 2.24) is 10.3 Å². The Morgan fingerprint density at radius 1 is 1.10 bits per heavy atom. The van der Waals surface area contributed by atoms with Gasteiger partial charge in [-0.15, -0.1) is 0 Å². The molecule has 6 heteroatoms. The van der Waals surface area contributed by atoms with Crippen molar-refractivity contribution in [3.8, 4) is 0 Å². The summed E-state index contributed by atoms with van der Waals surface area (Å²) in [5.74, 6) is -2.19. The van der Waals surface area contributed by atoms with Crippen molar-refractivity contribution in [3.63, 3.8) is 0 Å². The molecule has 1 heterocycles. The Morgan fingerprint density at radius 2 is 1.97 bits per heavy atom. The molecule has 2 N–H and O–H groups in total. The molecule has 0 fully saturated rings. The van der Waals surface area contributed by atoms with Gasteiger partial charge >= 0.3 is 0 Å². The average molecular weight is 393 g/mol. The Hall–Kier alpha value is -3.54. The fourth-order valence-corrected chi connectivity index (χ4v) is 2.76. The van der Waals surface area contributed by atoms with Crippen LogP contribution in [0.25, 0.3) is 6.08 Å². The Morgan fingerprint density at radius 3 is 2.72 bits per heavy atom. The minimum atomic E-state index is -0.948. The first-order valence-electron chi connectivity index (χ1n) is 9.17. The van der Waals surface area contributed by atoms with Gasteiger partial charge in [-0.2, -0.15) is 0 Å². The van der Waals surface area contributed by atoms with Gasteiger partial charge in [0.25, 0.3) is 0 Å². The molecule has 1 unspecified atom stereocenters. The number of nitrogens with zero attached hydrogens (tertiary/aromatic N) is 1. The van der Waals surface area contributed by atoms with Crippen LogP contribution in [-0.4, -0.2) is 10.9 Å². The minimum Gasteiger partial charge on any atom is -0.381 e. The third-order valence-corrected chi connectivity index (χ3v) is 4.34. The molecule has 3 aromatic rings. The van der Waals surface area contributed by atoms with E-state index in [1.807, 2.05) is 43.3 Å². The van der Waals surface area contributed by atoms with Crippen molar-refractivity contribution in [2.24, 2.45) is 0 Å². The predicted octanol–water partition coefficient (Wildman–Crippen LogP) is 4.86. The molecule has 0 bridgehead atoms. The van der Waals surface area contributed by atoms with Crippen molar-refractivity contribution in [3.05, 3.63) is 101 Å². The first-order chi connectivity index (χ1) is 14.0. The Balaban J connectivity index is 1.58. The third-order valence-electron chi connectivity index (χ3n) is 4.34. The molecule has 2 aromatic carbocycles. The number of hydrogen-bond acceptors (Lipinski definition) is 3. The zero-order valence-corrected chi connectivity index (χ0v) is 15.9. The molecule has 0 saturated heterocycles. The van der Waals surface area contributed by atoms with Gasteiger partial charge < -0.3 is 10.6 Å². The average Bonchev–Trinajstić information content (AvgIpc) is 2.74. The third kappa shape index (κ3) is 5.97. The zero-order valence-electron chi connectivity index (χ0n) is 15.9. The molecule has 29 heavy (non-hydrogen) atoms. The summed E-state index contributed by atoms with van der Waals surface area (Å²) in [5.41, 5.74) is 3.36. The second-order valence-corrected chi connectivity index (χ2v) is 6.58. The maximum Gasteiger partial charge on any atom is 0.244 e. The van der Waals surface area contributed by atoms with Crippen LogP contribution in [0.4, 0.5) is 14.5 Å². The summed E-state index contributed by atoms with van der Waals surface area (Å²) in [6.07, 6.45) is 6.28. The first kappa shape index (κ1) is 20.2. The van der Waals surface area contributed by atoms with Gasteiger partial charge in [0, 0.05) is 30.7 Å². The fourth-order valence-electron chi connectivity index (χ4n) is 2.76. The van der Waals surface area contributed by atoms with E-state index in [0.29, 0.717) is 12.1 Å². The Bertz CT molecular complexity index is 1010. The van der Waals surface area contributed by atoms with Gasteiger partial charge in [0.05, 0.1) is 6.04 Å². The Labute approximate surface area is 168 Å². The van der Waals surface area contributed by atoms with Gasteiger partial charge in [0.2, 0.25) is 5.91 Å². The number of nitrogens with one attached hydrogen (secondary N) is 2. The van der Waals surface area contributed by atoms with E-state index in [-0.39, 0.29) is 11.9 Å². The molecule has 0 aliphatic heterocycles. The maximum absolute atomic E-state index is 13.2. The van der Waals surface area contributed by atoms with Crippen LogP contribution in [0.2, 0.25) is 0 Å². The highest BCUT2D eigenvalue weighted by atomic mass is 19.2. The van der Waals surface area contributed by atoms with Crippen molar-refractivity contribution in [2.75, 3.05) is 5.32 Å². The number of anilines is 1. The Kier molecular flexibility index (Phi) is 6.68. The van der Waals surface area contributed by atoms with Crippen molar-refractivity contribution >= 4 is 17.7 Å². The summed E-state index contributed by atoms with van der Waals surface area (Å²) >= 11 is 0. The number of benzene rings is 2. The minimum absolute atomic E-state index is 0.225. The SMILES string of the molecule is CC(NC(=O)C=Cc1ccc(F)c(F)c1)c1cccc(NCc2cccnc2)c1. The van der Waals surface area contributed by atoms with Crippen LogP contribution < -0.4 is 10.6 Å². The van der Waals surface area contributed by atoms with Crippen molar-refractivity contribution in [1.29, 1.82) is 0 Å². The molecule has 0 aliphatic rings. The lowest BCUT2D eigenvalue weighted by atomic mass is 10.1. The van der Waals surface area contributed by atoms with Gasteiger partial charge in [0.15, 0.2) is 11.6 Å². The summed E-state index contributed by atoms with van der Waals surface area (Å²) in [7, 11) is 0. The number of aromatic nitrogens is 1. The molecule has 148 valence electrons. The summed E-state index contributed by atoms with van der Waals surface area (Å²) < 4.78 is 26.2. The van der Waals surface area contributed by atoms with Gasteiger partial charge in [-0.1, -0.05) is 24.3 Å². The van der Waals surface area contributed by atoms with Crippen molar-refractivity contribution < 1.29 is 13.6 Å². The van der Waals surface area contributed by atoms with E-state index in [1.165, 1.54) is 18.2 Å². The molecular weight excluding hydrogens is 372 g/mol. The zero-order chi connectivity index (χ0) is 20.6. The van der Waals surface area contributed by atoms with Gasteiger partial charge in [-0.25, -0.2) is 8.78 Å². The lowest BCUT2D eigenvalue weighted by molar-refractivity contribution is -0.117. The van der Waals surface area contributed by atoms with E-state index < -0.39 is 11.6 Å². The first-order valence-corrected chi connectivity index (χ1v) is 9.17. The number of rotatable bonds is 7. The molecule has 0 aliphatic carbocycles. The molecule has 3 rings (SSSR count). The van der Waals surface area contributed by atoms with E-state index in [2.05, 4.69) is 15.6 Å². The second-order valence-electron chi connectivity index (χ2n) is 6.58. The van der Waals surface area contributed by atoms with Crippen molar-refractivity contribution in [2.45, 2.75) is 19.5 Å². The number of halogens is 2. The second kappa shape index (κ2) is 9.59. The van der Waals surface area contributed by atoms with Gasteiger partial charge in [0.1, 0.15) is 0 Å². The largest absolute Gasteiger partial charge is 0.381 e. The summed E-state index contributed by atoms with van der Waals surface area (Å²) in [5, 5.41) is 6.20. The highest BCUT2D eigenvalue weighted by Gasteiger charge is 2.08. The quantitative estimate of drug-likeness (QED) is 0.564. The number of carbonyl (C=O) groups excluding carboxylic acids is 1. The van der Waals surface area contributed by atoms with Gasteiger partial charge in [-0.3, -0.25) is 9.78 Å². The summed E-state index contributed by atoms with van der Waals surface area (Å²) in [4.78, 5) is 16.2. The smallest absolute Gasteiger partial charge is 0.244 e. The van der Waals surface area contributed by atoms with Crippen LogP contribution in [0.1, 0.15) is 29.7 Å². The van der Waals surface area contributed by atoms with E-state index >= 15 is 0 Å². The molecule has 1 atom stereocenters. The lowest BCUT2D eigenvalue weighted by Crippen LogP contribution is -2.24. The van der Waals surface area contributed by atoms with E-state index in [1.54, 1.807) is 12.4 Å². The molecule has 0 saturated carbocycles. The summed E-state index contributed by atoms with van der Waals surface area (Å²) in [6, 6.07) is 14.9. The lowest BCUT2D eigenvalue weighted by Gasteiger charge is -2.15. The van der Waals surface area contributed by atoms with Crippen LogP contribution >= 0.6 is 0 Å². The molecule has 0 radical (unpaired) electrons. The normalized spacial score (nSPS) is 12.0. The molecular formula is C23H21F2N3O. The maximum atomic E-state index is 13.2. The van der Waals surface area contributed by atoms with Crippen LogP contribution in [0, 0.1) is 11.6 Å². The molecule has 1 amide bonds. The fraction of sp³-hybridized carbons (Fsp3) is 0.130. The number of carbonyl (C=O) groups is 1. The van der Waals surface area contributed by atoms with Crippen LogP contribution in [0.3, 0.4) is 0 Å². The molecule has 4 nitrogen and oxygen atoms in total. The monoisotopic (exact) mass is 393 g/mol. The van der Waals surface area contributed by atoms with E-state index in [4.69, 9.17) is 0 Å². The highest BCUT2D eigenvalue weighted by Crippen LogP contribution is 2.18. The molecule has 0 spiro atoms.